The van der Waals surface area contributed by atoms with E-state index in [0.29, 0.717) is 6.54 Å². The first-order chi connectivity index (χ1) is 12.6. The number of amides is 2. The highest BCUT2D eigenvalue weighted by Crippen LogP contribution is 2.24. The predicted octanol–water partition coefficient (Wildman–Crippen LogP) is 3.57. The van der Waals surface area contributed by atoms with Crippen LogP contribution in [0.15, 0.2) is 30.7 Å². The number of carbonyl (C=O) groups is 1. The van der Waals surface area contributed by atoms with E-state index in [1.54, 1.807) is 15.6 Å². The molecule has 0 aliphatic rings. The molecule has 8 heteroatoms. The van der Waals surface area contributed by atoms with Gasteiger partial charge < -0.3 is 10.2 Å². The van der Waals surface area contributed by atoms with E-state index in [1.165, 1.54) is 11.3 Å². The second-order valence-corrected chi connectivity index (χ2v) is 7.45. The van der Waals surface area contributed by atoms with E-state index in [-0.39, 0.29) is 12.1 Å². The predicted molar refractivity (Wildman–Crippen MR) is 102 cm³/mol. The summed E-state index contributed by atoms with van der Waals surface area (Å²) in [5.41, 5.74) is 1.86. The zero-order valence-electron chi connectivity index (χ0n) is 15.3. The van der Waals surface area contributed by atoms with Gasteiger partial charge in [0.05, 0.1) is 24.5 Å². The monoisotopic (exact) mass is 372 g/mol. The van der Waals surface area contributed by atoms with Gasteiger partial charge in [0.15, 0.2) is 0 Å². The van der Waals surface area contributed by atoms with E-state index in [4.69, 9.17) is 0 Å². The maximum absolute atomic E-state index is 12.6. The number of pyridine rings is 1. The van der Waals surface area contributed by atoms with Gasteiger partial charge in [0.1, 0.15) is 5.01 Å². The standard InChI is InChI=1S/C18H24N6OS/c1-4-5-8-16(14-7-6-9-19-10-14)23(3)17(25)20-11-15-12-24-18(21-15)26-13(2)22-24/h6-7,9-10,12,16H,4-5,8,11H2,1-3H3,(H,20,25)/t16-/m1/s1. The molecule has 0 aliphatic carbocycles. The Morgan fingerprint density at radius 3 is 3.00 bits per heavy atom. The first kappa shape index (κ1) is 18.3. The van der Waals surface area contributed by atoms with Crippen molar-refractivity contribution in [3.63, 3.8) is 0 Å². The van der Waals surface area contributed by atoms with Crippen LogP contribution in [-0.4, -0.2) is 37.6 Å². The molecule has 138 valence electrons. The molecular weight excluding hydrogens is 348 g/mol. The Bertz CT molecular complexity index is 828. The summed E-state index contributed by atoms with van der Waals surface area (Å²) in [6.07, 6.45) is 8.50. The summed E-state index contributed by atoms with van der Waals surface area (Å²) in [7, 11) is 1.83. The topological polar surface area (TPSA) is 75.4 Å². The number of rotatable bonds is 7. The second-order valence-electron chi connectivity index (χ2n) is 6.29. The number of fused-ring (bicyclic) bond motifs is 1. The van der Waals surface area contributed by atoms with Crippen molar-refractivity contribution in [1.82, 2.24) is 29.8 Å². The fraction of sp³-hybridized carbons (Fsp3) is 0.444. The van der Waals surface area contributed by atoms with Crippen LogP contribution in [-0.2, 0) is 6.54 Å². The zero-order valence-corrected chi connectivity index (χ0v) is 16.2. The van der Waals surface area contributed by atoms with Gasteiger partial charge in [-0.25, -0.2) is 14.3 Å². The number of hydrogen-bond donors (Lipinski definition) is 1. The number of imidazole rings is 1. The highest BCUT2D eigenvalue weighted by molar-refractivity contribution is 7.16. The van der Waals surface area contributed by atoms with Crippen LogP contribution in [0.3, 0.4) is 0 Å². The molecular formula is C18H24N6OS. The first-order valence-corrected chi connectivity index (χ1v) is 9.62. The van der Waals surface area contributed by atoms with Crippen molar-refractivity contribution in [3.8, 4) is 0 Å². The van der Waals surface area contributed by atoms with Crippen molar-refractivity contribution in [1.29, 1.82) is 0 Å². The SMILES string of the molecule is CCCC[C@H](c1cccnc1)N(C)C(=O)NCc1cn2nc(C)sc2n1. The zero-order chi connectivity index (χ0) is 18.5. The summed E-state index contributed by atoms with van der Waals surface area (Å²) < 4.78 is 1.75. The van der Waals surface area contributed by atoms with Crippen LogP contribution in [0.4, 0.5) is 4.79 Å². The summed E-state index contributed by atoms with van der Waals surface area (Å²) in [4.78, 5) is 23.9. The minimum absolute atomic E-state index is 0.0125. The fourth-order valence-electron chi connectivity index (χ4n) is 2.92. The number of urea groups is 1. The summed E-state index contributed by atoms with van der Waals surface area (Å²) >= 11 is 1.54. The third kappa shape index (κ3) is 4.19. The van der Waals surface area contributed by atoms with E-state index < -0.39 is 0 Å². The van der Waals surface area contributed by atoms with Crippen LogP contribution < -0.4 is 5.32 Å². The van der Waals surface area contributed by atoms with Gasteiger partial charge in [-0.05, 0) is 25.0 Å². The maximum Gasteiger partial charge on any atom is 0.317 e. The van der Waals surface area contributed by atoms with Gasteiger partial charge in [-0.1, -0.05) is 37.2 Å². The van der Waals surface area contributed by atoms with Crippen molar-refractivity contribution < 1.29 is 4.79 Å². The van der Waals surface area contributed by atoms with Crippen LogP contribution in [0, 0.1) is 6.92 Å². The lowest BCUT2D eigenvalue weighted by Gasteiger charge is -2.28. The number of nitrogens with zero attached hydrogens (tertiary/aromatic N) is 5. The van der Waals surface area contributed by atoms with Gasteiger partial charge >= 0.3 is 6.03 Å². The number of unbranched alkanes of at least 4 members (excludes halogenated alkanes) is 1. The average Bonchev–Trinajstić information content (AvgIpc) is 3.17. The Balaban J connectivity index is 1.64. The van der Waals surface area contributed by atoms with E-state index in [2.05, 4.69) is 27.3 Å². The quantitative estimate of drug-likeness (QED) is 0.688. The van der Waals surface area contributed by atoms with E-state index in [9.17, 15) is 4.79 Å². The number of nitrogens with one attached hydrogen (secondary N) is 1. The molecule has 0 aromatic carbocycles. The molecule has 0 aliphatic heterocycles. The van der Waals surface area contributed by atoms with Gasteiger partial charge in [-0.15, -0.1) is 0 Å². The molecule has 0 saturated carbocycles. The Labute approximate surface area is 157 Å². The summed E-state index contributed by atoms with van der Waals surface area (Å²) in [6, 6.07) is 3.83. The Morgan fingerprint density at radius 1 is 1.46 bits per heavy atom. The van der Waals surface area contributed by atoms with Crippen LogP contribution in [0.2, 0.25) is 0 Å². The van der Waals surface area contributed by atoms with E-state index >= 15 is 0 Å². The molecule has 0 saturated heterocycles. The minimum Gasteiger partial charge on any atom is -0.332 e. The molecule has 3 aromatic rings. The summed E-state index contributed by atoms with van der Waals surface area (Å²) in [6.45, 7) is 4.48. The van der Waals surface area contributed by atoms with E-state index in [1.807, 2.05) is 38.5 Å². The molecule has 0 unspecified atom stereocenters. The van der Waals surface area contributed by atoms with E-state index in [0.717, 1.165) is 40.5 Å². The largest absolute Gasteiger partial charge is 0.332 e. The molecule has 3 aromatic heterocycles. The van der Waals surface area contributed by atoms with Crippen molar-refractivity contribution in [3.05, 3.63) is 47.0 Å². The highest BCUT2D eigenvalue weighted by Gasteiger charge is 2.21. The number of hydrogen-bond acceptors (Lipinski definition) is 5. The van der Waals surface area contributed by atoms with Crippen molar-refractivity contribution >= 4 is 22.3 Å². The molecule has 1 atom stereocenters. The highest BCUT2D eigenvalue weighted by atomic mass is 32.1. The van der Waals surface area contributed by atoms with Gasteiger partial charge in [0, 0.05) is 19.4 Å². The lowest BCUT2D eigenvalue weighted by atomic mass is 10.0. The van der Waals surface area contributed by atoms with Crippen LogP contribution >= 0.6 is 11.3 Å². The molecule has 0 bridgehead atoms. The average molecular weight is 372 g/mol. The molecule has 3 rings (SSSR count). The van der Waals surface area contributed by atoms with Crippen LogP contribution in [0.1, 0.15) is 48.5 Å². The molecule has 7 nitrogen and oxygen atoms in total. The molecule has 1 N–H and O–H groups in total. The molecule has 0 radical (unpaired) electrons. The van der Waals surface area contributed by atoms with Gasteiger partial charge in [-0.3, -0.25) is 4.98 Å². The third-order valence-electron chi connectivity index (χ3n) is 4.30. The van der Waals surface area contributed by atoms with Crippen LogP contribution in [0.5, 0.6) is 0 Å². The molecule has 0 spiro atoms. The Morgan fingerprint density at radius 2 is 2.31 bits per heavy atom. The number of carbonyl (C=O) groups excluding carboxylic acids is 1. The van der Waals surface area contributed by atoms with Gasteiger partial charge in [0.25, 0.3) is 0 Å². The Kier molecular flexibility index (Phi) is 5.82. The minimum atomic E-state index is -0.115. The van der Waals surface area contributed by atoms with Crippen molar-refractivity contribution in [2.24, 2.45) is 0 Å². The third-order valence-corrected chi connectivity index (χ3v) is 5.14. The Hall–Kier alpha value is -2.48. The van der Waals surface area contributed by atoms with Crippen LogP contribution in [0.25, 0.3) is 4.96 Å². The first-order valence-electron chi connectivity index (χ1n) is 8.80. The molecule has 26 heavy (non-hydrogen) atoms. The summed E-state index contributed by atoms with van der Waals surface area (Å²) in [5, 5.41) is 8.27. The molecule has 0 fully saturated rings. The lowest BCUT2D eigenvalue weighted by Crippen LogP contribution is -2.39. The lowest BCUT2D eigenvalue weighted by molar-refractivity contribution is 0.185. The van der Waals surface area contributed by atoms with Crippen molar-refractivity contribution in [2.45, 2.75) is 45.7 Å². The smallest absolute Gasteiger partial charge is 0.317 e. The van der Waals surface area contributed by atoms with Gasteiger partial charge in [0.2, 0.25) is 4.96 Å². The second kappa shape index (κ2) is 8.27. The number of aromatic nitrogens is 4. The fourth-order valence-corrected chi connectivity index (χ4v) is 3.66. The van der Waals surface area contributed by atoms with Crippen molar-refractivity contribution in [2.75, 3.05) is 7.05 Å². The summed E-state index contributed by atoms with van der Waals surface area (Å²) in [5.74, 6) is 0. The van der Waals surface area contributed by atoms with Gasteiger partial charge in [-0.2, -0.15) is 5.10 Å². The maximum atomic E-state index is 12.6. The number of aryl methyl sites for hydroxylation is 1. The molecule has 2 amide bonds. The molecule has 3 heterocycles. The normalized spacial score (nSPS) is 12.3.